The van der Waals surface area contributed by atoms with Gasteiger partial charge < -0.3 is 14.8 Å². The molecule has 1 heterocycles. The molecule has 0 radical (unpaired) electrons. The van der Waals surface area contributed by atoms with Crippen molar-refractivity contribution >= 4 is 64.4 Å². The predicted molar refractivity (Wildman–Crippen MR) is 153 cm³/mol. The van der Waals surface area contributed by atoms with Crippen LogP contribution in [0.15, 0.2) is 54.1 Å². The predicted octanol–water partition coefficient (Wildman–Crippen LogP) is 5.61. The highest BCUT2D eigenvalue weighted by Gasteiger charge is 2.37. The van der Waals surface area contributed by atoms with Crippen molar-refractivity contribution in [1.29, 1.82) is 0 Å². The fourth-order valence-electron chi connectivity index (χ4n) is 4.04. The maximum absolute atomic E-state index is 13.3. The molecular formula is C29H25Cl2N3O6. The van der Waals surface area contributed by atoms with Gasteiger partial charge in [-0.15, -0.1) is 0 Å². The van der Waals surface area contributed by atoms with Gasteiger partial charge in [0.05, 0.1) is 17.8 Å². The van der Waals surface area contributed by atoms with E-state index in [1.807, 2.05) is 32.0 Å². The molecule has 3 aromatic rings. The Labute approximate surface area is 240 Å². The molecular weight excluding hydrogens is 557 g/mol. The number of carbonyl (C=O) groups excluding carboxylic acids is 4. The Hall–Kier alpha value is -4.34. The Balaban J connectivity index is 1.58. The molecule has 206 valence electrons. The minimum Gasteiger partial charge on any atom is -0.493 e. The number of hydrogen-bond donors (Lipinski definition) is 2. The van der Waals surface area contributed by atoms with Crippen LogP contribution in [-0.2, 0) is 14.4 Å². The van der Waals surface area contributed by atoms with Crippen molar-refractivity contribution in [2.45, 2.75) is 20.8 Å². The molecule has 40 heavy (non-hydrogen) atoms. The standard InChI is InChI=1S/C29H25Cl2N3O6/c1-15-8-9-16(2)22(10-15)32-25(35)14-40-26-21(31)12-18(13-24(26)39-4)11-19-27(36)33-29(38)34(28(19)37)23-7-5-6-20(30)17(23)3/h5-13H,14H2,1-4H3,(H,32,35)(H,33,36,38)/b19-11-. The van der Waals surface area contributed by atoms with Crippen molar-refractivity contribution in [3.63, 3.8) is 0 Å². The lowest BCUT2D eigenvalue weighted by atomic mass is 10.1. The molecule has 0 aromatic heterocycles. The van der Waals surface area contributed by atoms with Crippen LogP contribution in [0, 0.1) is 20.8 Å². The molecule has 0 unspecified atom stereocenters. The third kappa shape index (κ3) is 5.95. The second kappa shape index (κ2) is 11.8. The number of aryl methyl sites for hydroxylation is 2. The number of barbiturate groups is 1. The second-order valence-corrected chi connectivity index (χ2v) is 9.85. The van der Waals surface area contributed by atoms with E-state index in [0.29, 0.717) is 21.8 Å². The first kappa shape index (κ1) is 28.7. The molecule has 11 heteroatoms. The van der Waals surface area contributed by atoms with Gasteiger partial charge in [0, 0.05) is 10.7 Å². The van der Waals surface area contributed by atoms with Crippen LogP contribution in [0.25, 0.3) is 6.08 Å². The van der Waals surface area contributed by atoms with Gasteiger partial charge in [0.15, 0.2) is 18.1 Å². The van der Waals surface area contributed by atoms with Crippen molar-refractivity contribution in [2.24, 2.45) is 0 Å². The van der Waals surface area contributed by atoms with Crippen LogP contribution < -0.4 is 25.0 Å². The van der Waals surface area contributed by atoms with Gasteiger partial charge in [-0.1, -0.05) is 41.4 Å². The molecule has 1 aliphatic heterocycles. The van der Waals surface area contributed by atoms with Crippen LogP contribution in [0.4, 0.5) is 16.2 Å². The summed E-state index contributed by atoms with van der Waals surface area (Å²) in [5.74, 6) is -1.83. The second-order valence-electron chi connectivity index (χ2n) is 9.03. The van der Waals surface area contributed by atoms with E-state index in [1.165, 1.54) is 25.3 Å². The quantitative estimate of drug-likeness (QED) is 0.277. The largest absolute Gasteiger partial charge is 0.493 e. The molecule has 5 amide bonds. The number of imide groups is 2. The van der Waals surface area contributed by atoms with E-state index in [1.54, 1.807) is 25.1 Å². The lowest BCUT2D eigenvalue weighted by molar-refractivity contribution is -0.122. The Kier molecular flexibility index (Phi) is 8.46. The Morgan fingerprint density at radius 2 is 1.77 bits per heavy atom. The molecule has 0 bridgehead atoms. The lowest BCUT2D eigenvalue weighted by Crippen LogP contribution is -2.54. The molecule has 0 atom stereocenters. The Morgan fingerprint density at radius 3 is 2.50 bits per heavy atom. The van der Waals surface area contributed by atoms with Crippen molar-refractivity contribution in [1.82, 2.24) is 5.32 Å². The number of hydrogen-bond acceptors (Lipinski definition) is 6. The number of urea groups is 1. The highest BCUT2D eigenvalue weighted by Crippen LogP contribution is 2.37. The number of nitrogens with zero attached hydrogens (tertiary/aromatic N) is 1. The SMILES string of the molecule is COc1cc(/C=C2/C(=O)NC(=O)N(c3cccc(Cl)c3C)C2=O)cc(Cl)c1OCC(=O)Nc1cc(C)ccc1C. The number of carbonyl (C=O) groups is 4. The lowest BCUT2D eigenvalue weighted by Gasteiger charge is -2.27. The van der Waals surface area contributed by atoms with Crippen LogP contribution in [0.5, 0.6) is 11.5 Å². The maximum atomic E-state index is 13.3. The fourth-order valence-corrected chi connectivity index (χ4v) is 4.48. The summed E-state index contributed by atoms with van der Waals surface area (Å²) < 4.78 is 11.1. The average Bonchev–Trinajstić information content (AvgIpc) is 2.90. The molecule has 0 spiro atoms. The van der Waals surface area contributed by atoms with Crippen molar-refractivity contribution in [3.05, 3.63) is 86.4 Å². The average molecular weight is 582 g/mol. The van der Waals surface area contributed by atoms with Crippen molar-refractivity contribution in [3.8, 4) is 11.5 Å². The number of rotatable bonds is 7. The summed E-state index contributed by atoms with van der Waals surface area (Å²) in [5, 5.41) is 5.41. The van der Waals surface area contributed by atoms with Crippen LogP contribution in [0.1, 0.15) is 22.3 Å². The Morgan fingerprint density at radius 1 is 1.02 bits per heavy atom. The fraction of sp³-hybridized carbons (Fsp3) is 0.172. The first-order valence-electron chi connectivity index (χ1n) is 12.0. The van der Waals surface area contributed by atoms with Gasteiger partial charge in [-0.05, 0) is 79.4 Å². The first-order valence-corrected chi connectivity index (χ1v) is 12.8. The third-order valence-electron chi connectivity index (χ3n) is 6.16. The third-order valence-corrected chi connectivity index (χ3v) is 6.85. The zero-order valence-corrected chi connectivity index (χ0v) is 23.6. The number of anilines is 2. The van der Waals surface area contributed by atoms with Gasteiger partial charge in [-0.25, -0.2) is 9.69 Å². The number of nitrogens with one attached hydrogen (secondary N) is 2. The van der Waals surface area contributed by atoms with E-state index >= 15 is 0 Å². The molecule has 1 saturated heterocycles. The molecule has 3 aromatic carbocycles. The number of ether oxygens (including phenoxy) is 2. The Bertz CT molecular complexity index is 1580. The van der Waals surface area contributed by atoms with Crippen molar-refractivity contribution in [2.75, 3.05) is 23.9 Å². The minimum absolute atomic E-state index is 0.0769. The summed E-state index contributed by atoms with van der Waals surface area (Å²) in [6, 6.07) is 12.5. The molecule has 4 rings (SSSR count). The number of benzene rings is 3. The molecule has 1 aliphatic rings. The minimum atomic E-state index is -0.893. The molecule has 0 aliphatic carbocycles. The summed E-state index contributed by atoms with van der Waals surface area (Å²) in [6.07, 6.45) is 1.28. The summed E-state index contributed by atoms with van der Waals surface area (Å²) in [5.41, 5.74) is 3.32. The van der Waals surface area contributed by atoms with E-state index in [4.69, 9.17) is 32.7 Å². The zero-order valence-electron chi connectivity index (χ0n) is 22.1. The summed E-state index contributed by atoms with van der Waals surface area (Å²) in [6.45, 7) is 5.11. The van der Waals surface area contributed by atoms with Crippen LogP contribution in [0.3, 0.4) is 0 Å². The monoisotopic (exact) mass is 581 g/mol. The molecule has 1 fully saturated rings. The van der Waals surface area contributed by atoms with E-state index in [0.717, 1.165) is 16.0 Å². The van der Waals surface area contributed by atoms with Crippen LogP contribution >= 0.6 is 23.2 Å². The van der Waals surface area contributed by atoms with Gasteiger partial charge in [0.1, 0.15) is 5.57 Å². The molecule has 0 saturated carbocycles. The molecule has 2 N–H and O–H groups in total. The van der Waals surface area contributed by atoms with Crippen LogP contribution in [0.2, 0.25) is 10.0 Å². The number of amides is 5. The summed E-state index contributed by atoms with van der Waals surface area (Å²) in [4.78, 5) is 51.9. The van der Waals surface area contributed by atoms with Gasteiger partial charge in [0.25, 0.3) is 17.7 Å². The highest BCUT2D eigenvalue weighted by molar-refractivity contribution is 6.40. The van der Waals surface area contributed by atoms with E-state index in [9.17, 15) is 19.2 Å². The summed E-state index contributed by atoms with van der Waals surface area (Å²) >= 11 is 12.6. The summed E-state index contributed by atoms with van der Waals surface area (Å²) in [7, 11) is 1.38. The van der Waals surface area contributed by atoms with E-state index in [2.05, 4.69) is 10.6 Å². The van der Waals surface area contributed by atoms with Gasteiger partial charge >= 0.3 is 6.03 Å². The van der Waals surface area contributed by atoms with Gasteiger partial charge in [0.2, 0.25) is 0 Å². The number of methoxy groups -OCH3 is 1. The first-order chi connectivity index (χ1) is 19.0. The normalized spacial score (nSPS) is 14.3. The number of halogens is 2. The topological polar surface area (TPSA) is 114 Å². The molecule has 9 nitrogen and oxygen atoms in total. The highest BCUT2D eigenvalue weighted by atomic mass is 35.5. The van der Waals surface area contributed by atoms with E-state index in [-0.39, 0.29) is 34.4 Å². The smallest absolute Gasteiger partial charge is 0.335 e. The van der Waals surface area contributed by atoms with Gasteiger partial charge in [-0.2, -0.15) is 0 Å². The van der Waals surface area contributed by atoms with Crippen LogP contribution in [-0.4, -0.2) is 37.5 Å². The van der Waals surface area contributed by atoms with Gasteiger partial charge in [-0.3, -0.25) is 19.7 Å². The zero-order chi connectivity index (χ0) is 29.1. The van der Waals surface area contributed by atoms with E-state index < -0.39 is 23.8 Å². The van der Waals surface area contributed by atoms with Crippen molar-refractivity contribution < 1.29 is 28.7 Å². The maximum Gasteiger partial charge on any atom is 0.335 e.